The van der Waals surface area contributed by atoms with Gasteiger partial charge >= 0.3 is 0 Å². The number of halogens is 2. The van der Waals surface area contributed by atoms with Crippen LogP contribution in [0.25, 0.3) is 0 Å². The van der Waals surface area contributed by atoms with E-state index in [4.69, 9.17) is 4.74 Å². The second kappa shape index (κ2) is 3.18. The number of methoxy groups -OCH3 is 1. The molecule has 1 N–H and O–H groups in total. The minimum Gasteiger partial charge on any atom is -0.497 e. The molecule has 3 nitrogen and oxygen atoms in total. The molecule has 0 saturated carbocycles. The molecule has 0 radical (unpaired) electrons. The lowest BCUT2D eigenvalue weighted by atomic mass is 9.99. The number of carbonyl (C=O) groups is 1. The van der Waals surface area contributed by atoms with Crippen LogP contribution in [0, 0.1) is 0 Å². The molecule has 2 rings (SSSR count). The molecule has 0 bridgehead atoms. The Balaban J connectivity index is 2.52. The fourth-order valence-electron chi connectivity index (χ4n) is 1.56. The van der Waals surface area contributed by atoms with Crippen LogP contribution in [0.15, 0.2) is 18.2 Å². The van der Waals surface area contributed by atoms with E-state index >= 15 is 0 Å². The van der Waals surface area contributed by atoms with Crippen molar-refractivity contribution in [2.24, 2.45) is 0 Å². The van der Waals surface area contributed by atoms with Gasteiger partial charge in [-0.1, -0.05) is 0 Å². The summed E-state index contributed by atoms with van der Waals surface area (Å²) in [6, 6.07) is 4.11. The van der Waals surface area contributed by atoms with Crippen LogP contribution in [-0.2, 0) is 10.7 Å². The van der Waals surface area contributed by atoms with E-state index in [0.29, 0.717) is 5.75 Å². The number of benzene rings is 1. The number of nitrogens with one attached hydrogen (secondary N) is 1. The van der Waals surface area contributed by atoms with Gasteiger partial charge in [0.1, 0.15) is 5.75 Å². The molecular formula is C10H9F2NO2. The maximum Gasteiger partial charge on any atom is 0.283 e. The zero-order valence-corrected chi connectivity index (χ0v) is 8.01. The van der Waals surface area contributed by atoms with Gasteiger partial charge in [-0.2, -0.15) is 0 Å². The Morgan fingerprint density at radius 2 is 2.20 bits per heavy atom. The zero-order valence-electron chi connectivity index (χ0n) is 8.01. The lowest BCUT2D eigenvalue weighted by Gasteiger charge is -2.25. The topological polar surface area (TPSA) is 38.3 Å². The first kappa shape index (κ1) is 9.89. The van der Waals surface area contributed by atoms with Crippen LogP contribution >= 0.6 is 0 Å². The van der Waals surface area contributed by atoms with Gasteiger partial charge in [0.05, 0.1) is 19.2 Å². The molecule has 0 saturated heterocycles. The van der Waals surface area contributed by atoms with Gasteiger partial charge in [0.15, 0.2) is 0 Å². The smallest absolute Gasteiger partial charge is 0.283 e. The summed E-state index contributed by atoms with van der Waals surface area (Å²) in [5, 5.41) is 2.39. The molecule has 1 heterocycles. The summed E-state index contributed by atoms with van der Waals surface area (Å²) >= 11 is 0. The maximum absolute atomic E-state index is 13.4. The van der Waals surface area contributed by atoms with Gasteiger partial charge in [-0.05, 0) is 12.1 Å². The molecule has 0 atom stereocenters. The van der Waals surface area contributed by atoms with E-state index in [0.717, 1.165) is 0 Å². The number of alkyl halides is 2. The first-order valence-electron chi connectivity index (χ1n) is 4.39. The van der Waals surface area contributed by atoms with Crippen molar-refractivity contribution in [2.45, 2.75) is 12.3 Å². The van der Waals surface area contributed by atoms with E-state index in [9.17, 15) is 13.6 Å². The van der Waals surface area contributed by atoms with Crippen molar-refractivity contribution in [1.29, 1.82) is 0 Å². The highest BCUT2D eigenvalue weighted by Gasteiger charge is 2.40. The van der Waals surface area contributed by atoms with Crippen LogP contribution in [-0.4, -0.2) is 13.0 Å². The molecule has 0 aromatic heterocycles. The fraction of sp³-hybridized carbons (Fsp3) is 0.300. The van der Waals surface area contributed by atoms with Gasteiger partial charge in [-0.3, -0.25) is 4.79 Å². The lowest BCUT2D eigenvalue weighted by Crippen LogP contribution is -2.30. The van der Waals surface area contributed by atoms with Crippen molar-refractivity contribution in [2.75, 3.05) is 12.4 Å². The van der Waals surface area contributed by atoms with E-state index in [2.05, 4.69) is 5.32 Å². The van der Waals surface area contributed by atoms with E-state index < -0.39 is 18.3 Å². The van der Waals surface area contributed by atoms with Gasteiger partial charge in [0.25, 0.3) is 5.92 Å². The average molecular weight is 213 g/mol. The highest BCUT2D eigenvalue weighted by atomic mass is 19.3. The van der Waals surface area contributed by atoms with Crippen molar-refractivity contribution in [1.82, 2.24) is 0 Å². The van der Waals surface area contributed by atoms with Gasteiger partial charge in [0.2, 0.25) is 5.91 Å². The Hall–Kier alpha value is -1.65. The number of rotatable bonds is 1. The number of hydrogen-bond acceptors (Lipinski definition) is 2. The summed E-state index contributed by atoms with van der Waals surface area (Å²) in [6.07, 6.45) is -0.799. The Labute approximate surface area is 85.0 Å². The molecule has 1 aromatic rings. The number of fused-ring (bicyclic) bond motifs is 1. The molecule has 1 aromatic carbocycles. The van der Waals surface area contributed by atoms with E-state index in [1.54, 1.807) is 0 Å². The molecule has 0 spiro atoms. The van der Waals surface area contributed by atoms with Gasteiger partial charge in [-0.15, -0.1) is 0 Å². The van der Waals surface area contributed by atoms with Crippen LogP contribution in [0.5, 0.6) is 5.75 Å². The second-order valence-corrected chi connectivity index (χ2v) is 3.34. The predicted octanol–water partition coefficient (Wildman–Crippen LogP) is 2.13. The Bertz CT molecular complexity index is 418. The number of amides is 1. The molecule has 80 valence electrons. The van der Waals surface area contributed by atoms with E-state index in [1.807, 2.05) is 0 Å². The summed E-state index contributed by atoms with van der Waals surface area (Å²) in [7, 11) is 1.44. The van der Waals surface area contributed by atoms with Gasteiger partial charge in [0, 0.05) is 11.6 Å². The van der Waals surface area contributed by atoms with Crippen molar-refractivity contribution in [3.63, 3.8) is 0 Å². The van der Waals surface area contributed by atoms with Gasteiger partial charge in [-0.25, -0.2) is 8.78 Å². The van der Waals surface area contributed by atoms with E-state index in [1.165, 1.54) is 25.3 Å². The molecule has 15 heavy (non-hydrogen) atoms. The highest BCUT2D eigenvalue weighted by molar-refractivity contribution is 5.95. The first-order chi connectivity index (χ1) is 7.03. The van der Waals surface area contributed by atoms with Crippen molar-refractivity contribution in [3.8, 4) is 5.75 Å². The largest absolute Gasteiger partial charge is 0.497 e. The summed E-state index contributed by atoms with van der Waals surface area (Å²) in [6.45, 7) is 0. The summed E-state index contributed by atoms with van der Waals surface area (Å²) in [5.74, 6) is -3.34. The molecule has 1 amide bonds. The van der Waals surface area contributed by atoms with Crippen LogP contribution in [0.2, 0.25) is 0 Å². The van der Waals surface area contributed by atoms with Crippen LogP contribution in [0.3, 0.4) is 0 Å². The molecule has 0 aliphatic carbocycles. The van der Waals surface area contributed by atoms with Crippen LogP contribution in [0.4, 0.5) is 14.5 Å². The standard InChI is InChI=1S/C10H9F2NO2/c1-15-6-2-3-7-8(4-6)13-9(14)5-10(7,11)12/h2-4H,5H2,1H3,(H,13,14). The van der Waals surface area contributed by atoms with Crippen LogP contribution < -0.4 is 10.1 Å². The number of hydrogen-bond donors (Lipinski definition) is 1. The Morgan fingerprint density at radius 3 is 2.87 bits per heavy atom. The second-order valence-electron chi connectivity index (χ2n) is 3.34. The zero-order chi connectivity index (χ0) is 11.1. The number of anilines is 1. The molecule has 1 aliphatic heterocycles. The maximum atomic E-state index is 13.4. The van der Waals surface area contributed by atoms with Crippen molar-refractivity contribution >= 4 is 11.6 Å². The minimum absolute atomic E-state index is 0.121. The summed E-state index contributed by atoms with van der Waals surface area (Å²) in [5.41, 5.74) is -0.0431. The average Bonchev–Trinajstić information content (AvgIpc) is 2.15. The Kier molecular flexibility index (Phi) is 2.10. The number of carbonyl (C=O) groups excluding carboxylic acids is 1. The third-order valence-electron chi connectivity index (χ3n) is 2.28. The molecule has 0 fully saturated rings. The monoisotopic (exact) mass is 213 g/mol. The molecule has 5 heteroatoms. The summed E-state index contributed by atoms with van der Waals surface area (Å²) in [4.78, 5) is 11.0. The lowest BCUT2D eigenvalue weighted by molar-refractivity contribution is -0.125. The van der Waals surface area contributed by atoms with Crippen molar-refractivity contribution in [3.05, 3.63) is 23.8 Å². The summed E-state index contributed by atoms with van der Waals surface area (Å²) < 4.78 is 31.7. The third kappa shape index (κ3) is 1.65. The number of ether oxygens (including phenoxy) is 1. The van der Waals surface area contributed by atoms with E-state index in [-0.39, 0.29) is 11.3 Å². The van der Waals surface area contributed by atoms with Crippen LogP contribution in [0.1, 0.15) is 12.0 Å². The molecular weight excluding hydrogens is 204 g/mol. The normalized spacial score (nSPS) is 17.9. The molecule has 1 aliphatic rings. The fourth-order valence-corrected chi connectivity index (χ4v) is 1.56. The van der Waals surface area contributed by atoms with Gasteiger partial charge < -0.3 is 10.1 Å². The highest BCUT2D eigenvalue weighted by Crippen LogP contribution is 2.41. The third-order valence-corrected chi connectivity index (χ3v) is 2.28. The first-order valence-corrected chi connectivity index (χ1v) is 4.39. The van der Waals surface area contributed by atoms with Crippen molar-refractivity contribution < 1.29 is 18.3 Å². The predicted molar refractivity (Wildman–Crippen MR) is 50.1 cm³/mol. The quantitative estimate of drug-likeness (QED) is 0.776. The molecule has 0 unspecified atom stereocenters. The minimum atomic E-state index is -3.09. The Morgan fingerprint density at radius 1 is 1.47 bits per heavy atom. The SMILES string of the molecule is COc1ccc2c(c1)NC(=O)CC2(F)F.